The van der Waals surface area contributed by atoms with Gasteiger partial charge in [-0.3, -0.25) is 9.59 Å². The van der Waals surface area contributed by atoms with Crippen LogP contribution in [0.4, 0.5) is 0 Å². The smallest absolute Gasteiger partial charge is 0.258 e. The number of aliphatic hydroxyl groups is 1. The fourth-order valence-corrected chi connectivity index (χ4v) is 2.13. The molecule has 3 N–H and O–H groups in total. The molecule has 0 fully saturated rings. The van der Waals surface area contributed by atoms with E-state index in [2.05, 4.69) is 24.5 Å². The zero-order valence-electron chi connectivity index (χ0n) is 15.5. The molecule has 0 unspecified atom stereocenters. The first-order chi connectivity index (χ1) is 11.7. The number of carbonyl (C=O) groups is 2. The summed E-state index contributed by atoms with van der Waals surface area (Å²) in [4.78, 5) is 23.9. The second-order valence-corrected chi connectivity index (χ2v) is 7.04. The molecule has 1 aromatic rings. The lowest BCUT2D eigenvalue weighted by Crippen LogP contribution is -2.49. The second kappa shape index (κ2) is 10.0. The maximum atomic E-state index is 12.1. The van der Waals surface area contributed by atoms with E-state index in [1.807, 2.05) is 18.2 Å². The number of rotatable bonds is 10. The molecular weight excluding hydrogens is 320 g/mol. The summed E-state index contributed by atoms with van der Waals surface area (Å²) >= 11 is 0. The Bertz CT molecular complexity index is 544. The molecule has 6 heteroatoms. The monoisotopic (exact) mass is 350 g/mol. The number of para-hydroxylation sites is 1. The summed E-state index contributed by atoms with van der Waals surface area (Å²) in [6.45, 7) is 7.46. The average molecular weight is 350 g/mol. The van der Waals surface area contributed by atoms with E-state index < -0.39 is 11.6 Å². The summed E-state index contributed by atoms with van der Waals surface area (Å²) in [5.41, 5.74) is -0.958. The summed E-state index contributed by atoms with van der Waals surface area (Å²) < 4.78 is 5.33. The van der Waals surface area contributed by atoms with Gasteiger partial charge in [-0.2, -0.15) is 0 Å². The number of carbonyl (C=O) groups excluding carboxylic acids is 2. The van der Waals surface area contributed by atoms with Crippen LogP contribution in [0.25, 0.3) is 0 Å². The Morgan fingerprint density at radius 1 is 1.20 bits per heavy atom. The van der Waals surface area contributed by atoms with E-state index in [1.54, 1.807) is 26.0 Å². The number of benzene rings is 1. The summed E-state index contributed by atoms with van der Waals surface area (Å²) in [6.07, 6.45) is 1.49. The number of nitrogens with one attached hydrogen (secondary N) is 2. The van der Waals surface area contributed by atoms with Crippen molar-refractivity contribution < 1.29 is 19.4 Å². The normalized spacial score (nSPS) is 14.5. The molecule has 6 nitrogen and oxygen atoms in total. The quantitative estimate of drug-likeness (QED) is 0.601. The van der Waals surface area contributed by atoms with Crippen molar-refractivity contribution in [2.45, 2.75) is 52.2 Å². The number of hydrogen-bond donors (Lipinski definition) is 3. The van der Waals surface area contributed by atoms with Crippen molar-refractivity contribution >= 4 is 11.8 Å². The Labute approximate surface area is 150 Å². The Morgan fingerprint density at radius 3 is 2.44 bits per heavy atom. The maximum absolute atomic E-state index is 12.1. The Morgan fingerprint density at radius 2 is 1.84 bits per heavy atom. The maximum Gasteiger partial charge on any atom is 0.258 e. The van der Waals surface area contributed by atoms with Crippen LogP contribution in [-0.4, -0.2) is 41.7 Å². The minimum atomic E-state index is -0.958. The zero-order valence-corrected chi connectivity index (χ0v) is 15.5. The molecule has 0 aliphatic heterocycles. The molecule has 0 bridgehead atoms. The predicted molar refractivity (Wildman–Crippen MR) is 97.2 cm³/mol. The van der Waals surface area contributed by atoms with Crippen molar-refractivity contribution in [2.75, 3.05) is 13.2 Å². The van der Waals surface area contributed by atoms with Gasteiger partial charge in [0.2, 0.25) is 5.91 Å². The first-order valence-corrected chi connectivity index (χ1v) is 8.67. The van der Waals surface area contributed by atoms with Crippen molar-refractivity contribution in [2.24, 2.45) is 5.92 Å². The van der Waals surface area contributed by atoms with Gasteiger partial charge in [0.1, 0.15) is 11.8 Å². The summed E-state index contributed by atoms with van der Waals surface area (Å²) in [6, 6.07) is 8.29. The molecule has 0 aliphatic carbocycles. The highest BCUT2D eigenvalue weighted by Crippen LogP contribution is 2.15. The van der Waals surface area contributed by atoms with Crippen molar-refractivity contribution in [3.8, 4) is 5.75 Å². The molecule has 140 valence electrons. The lowest BCUT2D eigenvalue weighted by Gasteiger charge is -2.25. The lowest BCUT2D eigenvalue weighted by molar-refractivity contribution is -0.130. The van der Waals surface area contributed by atoms with Crippen LogP contribution < -0.4 is 15.4 Å². The molecule has 0 saturated carbocycles. The Kier molecular flexibility index (Phi) is 8.41. The lowest BCUT2D eigenvalue weighted by atomic mass is 9.95. The van der Waals surface area contributed by atoms with E-state index in [4.69, 9.17) is 4.74 Å². The molecule has 25 heavy (non-hydrogen) atoms. The fourth-order valence-electron chi connectivity index (χ4n) is 2.13. The van der Waals surface area contributed by atoms with E-state index in [9.17, 15) is 14.7 Å². The third-order valence-corrected chi connectivity index (χ3v) is 3.79. The van der Waals surface area contributed by atoms with E-state index in [-0.39, 0.29) is 25.0 Å². The van der Waals surface area contributed by atoms with E-state index in [1.165, 1.54) is 0 Å². The number of amides is 2. The van der Waals surface area contributed by atoms with Crippen LogP contribution in [0.1, 0.15) is 40.5 Å². The third-order valence-electron chi connectivity index (χ3n) is 3.79. The van der Waals surface area contributed by atoms with Gasteiger partial charge in [-0.25, -0.2) is 0 Å². The Hall–Kier alpha value is -2.08. The molecule has 1 aromatic carbocycles. The van der Waals surface area contributed by atoms with Gasteiger partial charge < -0.3 is 20.5 Å². The average Bonchev–Trinajstić information content (AvgIpc) is 2.57. The fraction of sp³-hybridized carbons (Fsp3) is 0.579. The molecule has 1 rings (SSSR count). The molecular formula is C19H30N2O4. The van der Waals surface area contributed by atoms with Gasteiger partial charge in [-0.15, -0.1) is 0 Å². The van der Waals surface area contributed by atoms with Gasteiger partial charge in [0, 0.05) is 6.54 Å². The minimum Gasteiger partial charge on any atom is -0.484 e. The third kappa shape index (κ3) is 9.10. The van der Waals surface area contributed by atoms with Gasteiger partial charge in [-0.1, -0.05) is 32.0 Å². The second-order valence-electron chi connectivity index (χ2n) is 7.04. The highest BCUT2D eigenvalue weighted by Gasteiger charge is 2.23. The van der Waals surface area contributed by atoms with Crippen LogP contribution in [-0.2, 0) is 9.59 Å². The first-order valence-electron chi connectivity index (χ1n) is 8.67. The predicted octanol–water partition coefficient (Wildman–Crippen LogP) is 1.87. The first kappa shape index (κ1) is 21.0. The molecule has 0 spiro atoms. The largest absolute Gasteiger partial charge is 0.484 e. The standard InChI is InChI=1S/C19H30N2O4/c1-14(2)10-11-19(4,24)13-20-18(23)15(3)21-17(22)12-25-16-8-6-5-7-9-16/h5-9,14-15,24H,10-13H2,1-4H3,(H,20,23)(H,21,22)/t15-,19-/m1/s1. The van der Waals surface area contributed by atoms with Gasteiger partial charge >= 0.3 is 0 Å². The number of ether oxygens (including phenoxy) is 1. The molecule has 0 aliphatic rings. The molecule has 0 aromatic heterocycles. The van der Waals surface area contributed by atoms with Crippen LogP contribution in [0.15, 0.2) is 30.3 Å². The van der Waals surface area contributed by atoms with E-state index in [0.29, 0.717) is 18.1 Å². The minimum absolute atomic E-state index is 0.152. The van der Waals surface area contributed by atoms with Crippen LogP contribution in [0.3, 0.4) is 0 Å². The molecule has 0 saturated heterocycles. The van der Waals surface area contributed by atoms with Gasteiger partial charge in [0.05, 0.1) is 5.60 Å². The summed E-state index contributed by atoms with van der Waals surface area (Å²) in [7, 11) is 0. The van der Waals surface area contributed by atoms with Crippen molar-refractivity contribution in [1.82, 2.24) is 10.6 Å². The topological polar surface area (TPSA) is 87.7 Å². The zero-order chi connectivity index (χ0) is 18.9. The molecule has 0 heterocycles. The van der Waals surface area contributed by atoms with E-state index >= 15 is 0 Å². The van der Waals surface area contributed by atoms with Gasteiger partial charge in [-0.05, 0) is 44.7 Å². The van der Waals surface area contributed by atoms with Crippen LogP contribution in [0.5, 0.6) is 5.75 Å². The van der Waals surface area contributed by atoms with Crippen LogP contribution >= 0.6 is 0 Å². The van der Waals surface area contributed by atoms with Crippen LogP contribution in [0, 0.1) is 5.92 Å². The summed E-state index contributed by atoms with van der Waals surface area (Å²) in [5.74, 6) is 0.372. The van der Waals surface area contributed by atoms with Crippen molar-refractivity contribution in [3.05, 3.63) is 30.3 Å². The molecule has 0 radical (unpaired) electrons. The number of hydrogen-bond acceptors (Lipinski definition) is 4. The summed E-state index contributed by atoms with van der Waals surface area (Å²) in [5, 5.41) is 15.5. The molecule has 2 atom stereocenters. The van der Waals surface area contributed by atoms with Gasteiger partial charge in [0.15, 0.2) is 6.61 Å². The van der Waals surface area contributed by atoms with Crippen LogP contribution in [0.2, 0.25) is 0 Å². The van der Waals surface area contributed by atoms with E-state index in [0.717, 1.165) is 6.42 Å². The van der Waals surface area contributed by atoms with Crippen molar-refractivity contribution in [1.29, 1.82) is 0 Å². The highest BCUT2D eigenvalue weighted by molar-refractivity contribution is 5.87. The highest BCUT2D eigenvalue weighted by atomic mass is 16.5. The molecule has 2 amide bonds. The Balaban J connectivity index is 2.32. The SMILES string of the molecule is CC(C)CC[C@@](C)(O)CNC(=O)[C@@H](C)NC(=O)COc1ccccc1. The van der Waals surface area contributed by atoms with Crippen molar-refractivity contribution in [3.63, 3.8) is 0 Å². The van der Waals surface area contributed by atoms with Gasteiger partial charge in [0.25, 0.3) is 5.91 Å².